The number of nitrogens with zero attached hydrogens (tertiary/aromatic N) is 1. The molecule has 56 valence electrons. The fourth-order valence-electron chi connectivity index (χ4n) is 0.241. The van der Waals surface area contributed by atoms with Gasteiger partial charge < -0.3 is 0 Å². The Morgan fingerprint density at radius 3 is 2.00 bits per heavy atom. The van der Waals surface area contributed by atoms with Crippen LogP contribution in [0.2, 0.25) is 0 Å². The molecule has 0 spiro atoms. The zero-order valence-corrected chi connectivity index (χ0v) is 6.26. The number of carbonyl (C=O) groups excluding carboxylic acids is 2. The van der Waals surface area contributed by atoms with Gasteiger partial charge in [-0.25, -0.2) is 5.43 Å². The zero-order chi connectivity index (χ0) is 8.15. The Morgan fingerprint density at radius 2 is 1.70 bits per heavy atom. The molecule has 0 aromatic carbocycles. The third kappa shape index (κ3) is 3.77. The molecule has 0 aliphatic carbocycles. The number of nitrogens with one attached hydrogen (secondary N) is 1. The fourth-order valence-corrected chi connectivity index (χ4v) is 0.241. The fraction of sp³-hybridized carbons (Fsp3) is 0.500. The molecule has 0 aliphatic rings. The van der Waals surface area contributed by atoms with E-state index in [0.29, 0.717) is 5.71 Å². The lowest BCUT2D eigenvalue weighted by Crippen LogP contribution is -2.17. The van der Waals surface area contributed by atoms with Crippen molar-refractivity contribution in [1.29, 1.82) is 0 Å². The quantitative estimate of drug-likeness (QED) is 0.438. The second kappa shape index (κ2) is 3.76. The number of hydrazone groups is 1. The lowest BCUT2D eigenvalue weighted by molar-refractivity contribution is -0.118. The summed E-state index contributed by atoms with van der Waals surface area (Å²) in [6.45, 7) is 4.26. The van der Waals surface area contributed by atoms with Crippen molar-refractivity contribution in [2.24, 2.45) is 5.10 Å². The van der Waals surface area contributed by atoms with Crippen LogP contribution in [0.5, 0.6) is 0 Å². The highest BCUT2D eigenvalue weighted by Crippen LogP contribution is 1.76. The minimum absolute atomic E-state index is 0.145. The van der Waals surface area contributed by atoms with Crippen molar-refractivity contribution in [3.05, 3.63) is 0 Å². The van der Waals surface area contributed by atoms with E-state index in [2.05, 4.69) is 10.5 Å². The minimum Gasteiger partial charge on any atom is -0.293 e. The average Bonchev–Trinajstić information content (AvgIpc) is 1.82. The van der Waals surface area contributed by atoms with Crippen molar-refractivity contribution >= 4 is 17.4 Å². The van der Waals surface area contributed by atoms with Crippen LogP contribution in [-0.4, -0.2) is 17.4 Å². The van der Waals surface area contributed by atoms with Gasteiger partial charge in [0.05, 0.1) is 0 Å². The molecule has 1 N–H and O–H groups in total. The van der Waals surface area contributed by atoms with Gasteiger partial charge in [0.1, 0.15) is 5.71 Å². The molecule has 0 atom stereocenters. The molecule has 1 amide bonds. The molecule has 0 saturated heterocycles. The summed E-state index contributed by atoms with van der Waals surface area (Å²) >= 11 is 0. The topological polar surface area (TPSA) is 58.5 Å². The van der Waals surface area contributed by atoms with E-state index in [-0.39, 0.29) is 11.7 Å². The molecule has 0 unspecified atom stereocenters. The summed E-state index contributed by atoms with van der Waals surface area (Å²) in [6.07, 6.45) is 0. The van der Waals surface area contributed by atoms with Gasteiger partial charge in [0.25, 0.3) is 0 Å². The van der Waals surface area contributed by atoms with Crippen LogP contribution in [0.15, 0.2) is 5.10 Å². The van der Waals surface area contributed by atoms with Gasteiger partial charge in [0.15, 0.2) is 5.78 Å². The molecule has 0 radical (unpaired) electrons. The molecule has 0 saturated carbocycles. The molecule has 0 aromatic heterocycles. The second-order valence-corrected chi connectivity index (χ2v) is 1.92. The predicted octanol–water partition coefficient (Wildman–Crippen LogP) is 0.0874. The van der Waals surface area contributed by atoms with Gasteiger partial charge in [0, 0.05) is 13.8 Å². The lowest BCUT2D eigenvalue weighted by Gasteiger charge is -1.93. The van der Waals surface area contributed by atoms with Crippen LogP contribution in [-0.2, 0) is 9.59 Å². The molecule has 0 aliphatic heterocycles. The Kier molecular flexibility index (Phi) is 3.32. The van der Waals surface area contributed by atoms with Crippen molar-refractivity contribution in [3.63, 3.8) is 0 Å². The number of rotatable bonds is 2. The Bertz CT molecular complexity index is 184. The summed E-state index contributed by atoms with van der Waals surface area (Å²) in [6, 6.07) is 0. The normalized spacial score (nSPS) is 10.9. The second-order valence-electron chi connectivity index (χ2n) is 1.92. The van der Waals surface area contributed by atoms with E-state index in [4.69, 9.17) is 0 Å². The molecule has 4 nitrogen and oxygen atoms in total. The Balaban J connectivity index is 3.92. The van der Waals surface area contributed by atoms with Crippen LogP contribution in [0.4, 0.5) is 0 Å². The van der Waals surface area contributed by atoms with Crippen molar-refractivity contribution in [3.8, 4) is 0 Å². The minimum atomic E-state index is -0.277. The molecule has 4 heteroatoms. The predicted molar refractivity (Wildman–Crippen MR) is 37.6 cm³/mol. The Labute approximate surface area is 59.3 Å². The van der Waals surface area contributed by atoms with Crippen molar-refractivity contribution in [2.75, 3.05) is 0 Å². The molecular weight excluding hydrogens is 132 g/mol. The number of hydrogen-bond donors (Lipinski definition) is 1. The molecule has 10 heavy (non-hydrogen) atoms. The maximum absolute atomic E-state index is 10.5. The zero-order valence-electron chi connectivity index (χ0n) is 6.26. The molecule has 0 rings (SSSR count). The van der Waals surface area contributed by atoms with Crippen molar-refractivity contribution in [1.82, 2.24) is 5.43 Å². The Hall–Kier alpha value is -1.19. The number of ketones is 1. The van der Waals surface area contributed by atoms with E-state index in [1.54, 1.807) is 0 Å². The highest BCUT2D eigenvalue weighted by atomic mass is 16.2. The van der Waals surface area contributed by atoms with Crippen LogP contribution < -0.4 is 5.43 Å². The van der Waals surface area contributed by atoms with E-state index in [1.165, 1.54) is 20.8 Å². The SMILES string of the molecule is CC(=O)NN=C(C)C(C)=O. The van der Waals surface area contributed by atoms with Gasteiger partial charge in [-0.15, -0.1) is 0 Å². The van der Waals surface area contributed by atoms with Gasteiger partial charge in [-0.2, -0.15) is 5.10 Å². The summed E-state index contributed by atoms with van der Waals surface area (Å²) < 4.78 is 0. The monoisotopic (exact) mass is 142 g/mol. The number of amides is 1. The van der Waals surface area contributed by atoms with Crippen LogP contribution in [0.25, 0.3) is 0 Å². The molecule has 0 bridgehead atoms. The maximum atomic E-state index is 10.5. The van der Waals surface area contributed by atoms with Crippen LogP contribution in [0.3, 0.4) is 0 Å². The van der Waals surface area contributed by atoms with Gasteiger partial charge in [0.2, 0.25) is 5.91 Å². The molecule has 0 aromatic rings. The largest absolute Gasteiger partial charge is 0.293 e. The summed E-state index contributed by atoms with van der Waals surface area (Å²) in [4.78, 5) is 20.7. The van der Waals surface area contributed by atoms with Gasteiger partial charge in [-0.05, 0) is 6.92 Å². The summed E-state index contributed by atoms with van der Waals surface area (Å²) in [5, 5.41) is 3.49. The molecule has 0 fully saturated rings. The van der Waals surface area contributed by atoms with Crippen LogP contribution in [0.1, 0.15) is 20.8 Å². The van der Waals surface area contributed by atoms with E-state index >= 15 is 0 Å². The van der Waals surface area contributed by atoms with Gasteiger partial charge >= 0.3 is 0 Å². The first-order valence-electron chi connectivity index (χ1n) is 2.86. The summed E-state index contributed by atoms with van der Waals surface area (Å²) in [5.74, 6) is -0.422. The lowest BCUT2D eigenvalue weighted by atomic mass is 10.3. The maximum Gasteiger partial charge on any atom is 0.236 e. The van der Waals surface area contributed by atoms with E-state index < -0.39 is 0 Å². The number of Topliss-reactive ketones (excluding diaryl/α,β-unsaturated/α-hetero) is 1. The van der Waals surface area contributed by atoms with E-state index in [0.717, 1.165) is 0 Å². The van der Waals surface area contributed by atoms with E-state index in [1.807, 2.05) is 0 Å². The summed E-state index contributed by atoms with van der Waals surface area (Å²) in [7, 11) is 0. The van der Waals surface area contributed by atoms with Crippen molar-refractivity contribution in [2.45, 2.75) is 20.8 Å². The molecular formula is C6H10N2O2. The Morgan fingerprint density at radius 1 is 1.20 bits per heavy atom. The third-order valence-electron chi connectivity index (χ3n) is 0.891. The van der Waals surface area contributed by atoms with E-state index in [9.17, 15) is 9.59 Å². The first-order chi connectivity index (χ1) is 4.54. The van der Waals surface area contributed by atoms with Gasteiger partial charge in [-0.3, -0.25) is 9.59 Å². The highest BCUT2D eigenvalue weighted by molar-refractivity contribution is 6.38. The number of carbonyl (C=O) groups is 2. The summed E-state index contributed by atoms with van der Waals surface area (Å²) in [5.41, 5.74) is 2.46. The standard InChI is InChI=1S/C6H10N2O2/c1-4(5(2)9)7-8-6(3)10/h1-3H3,(H,8,10). The smallest absolute Gasteiger partial charge is 0.236 e. The highest BCUT2D eigenvalue weighted by Gasteiger charge is 1.96. The van der Waals surface area contributed by atoms with Gasteiger partial charge in [-0.1, -0.05) is 0 Å². The average molecular weight is 142 g/mol. The third-order valence-corrected chi connectivity index (χ3v) is 0.891. The van der Waals surface area contributed by atoms with Crippen molar-refractivity contribution < 1.29 is 9.59 Å². The first-order valence-corrected chi connectivity index (χ1v) is 2.86. The first kappa shape index (κ1) is 8.81. The van der Waals surface area contributed by atoms with Crippen LogP contribution in [0, 0.1) is 0 Å². The number of hydrogen-bond acceptors (Lipinski definition) is 3. The molecule has 0 heterocycles. The van der Waals surface area contributed by atoms with Crippen LogP contribution >= 0.6 is 0 Å².